The van der Waals surface area contributed by atoms with E-state index in [-0.39, 0.29) is 0 Å². The fourth-order valence-corrected chi connectivity index (χ4v) is 1.92. The summed E-state index contributed by atoms with van der Waals surface area (Å²) < 4.78 is 0.492. The first-order valence-electron chi connectivity index (χ1n) is 4.91. The minimum atomic E-state index is 0.492. The Morgan fingerprint density at radius 3 is 2.62 bits per heavy atom. The lowest BCUT2D eigenvalue weighted by Gasteiger charge is -2.04. The third-order valence-electron chi connectivity index (χ3n) is 2.35. The molecule has 1 heterocycles. The molecule has 0 saturated heterocycles. The predicted molar refractivity (Wildman–Crippen MR) is 69.3 cm³/mol. The monoisotopic (exact) mass is 250 g/mol. The van der Waals surface area contributed by atoms with Gasteiger partial charge in [-0.25, -0.2) is 4.98 Å². The smallest absolute Gasteiger partial charge is 0.197 e. The van der Waals surface area contributed by atoms with Gasteiger partial charge in [0, 0.05) is 16.3 Å². The van der Waals surface area contributed by atoms with Crippen LogP contribution < -0.4 is 0 Å². The number of aromatic amines is 1. The highest BCUT2D eigenvalue weighted by molar-refractivity contribution is 7.71. The number of rotatable bonds is 1. The number of hydrogen-bond donors (Lipinski definition) is 1. The molecule has 2 rings (SSSR count). The summed E-state index contributed by atoms with van der Waals surface area (Å²) in [5.74, 6) is 0. The number of aryl methyl sites for hydroxylation is 2. The van der Waals surface area contributed by atoms with Gasteiger partial charge in [0.25, 0.3) is 0 Å². The van der Waals surface area contributed by atoms with Crippen molar-refractivity contribution in [1.82, 2.24) is 9.97 Å². The lowest BCUT2D eigenvalue weighted by Crippen LogP contribution is -1.90. The quantitative estimate of drug-likeness (QED) is 0.773. The molecule has 0 amide bonds. The summed E-state index contributed by atoms with van der Waals surface area (Å²) in [5, 5.41) is 0.746. The summed E-state index contributed by atoms with van der Waals surface area (Å²) in [6, 6.07) is 7.84. The van der Waals surface area contributed by atoms with Crippen LogP contribution in [0.1, 0.15) is 11.3 Å². The second-order valence-corrected chi connectivity index (χ2v) is 4.51. The fraction of sp³-hybridized carbons (Fsp3) is 0.167. The van der Waals surface area contributed by atoms with Gasteiger partial charge in [-0.15, -0.1) is 0 Å². The van der Waals surface area contributed by atoms with Gasteiger partial charge in [0.15, 0.2) is 4.77 Å². The number of halogens is 1. The third-order valence-corrected chi connectivity index (χ3v) is 2.95. The summed E-state index contributed by atoms with van der Waals surface area (Å²) in [7, 11) is 0. The zero-order valence-electron chi connectivity index (χ0n) is 9.04. The van der Waals surface area contributed by atoms with E-state index < -0.39 is 0 Å². The van der Waals surface area contributed by atoms with E-state index in [2.05, 4.69) is 9.97 Å². The Morgan fingerprint density at radius 1 is 1.25 bits per heavy atom. The second-order valence-electron chi connectivity index (χ2n) is 3.72. The number of nitrogens with zero attached hydrogens (tertiary/aromatic N) is 1. The zero-order chi connectivity index (χ0) is 11.7. The van der Waals surface area contributed by atoms with Crippen LogP contribution in [0.25, 0.3) is 11.3 Å². The Hall–Kier alpha value is -1.19. The van der Waals surface area contributed by atoms with Crippen LogP contribution in [0, 0.1) is 18.6 Å². The van der Waals surface area contributed by atoms with Gasteiger partial charge in [-0.2, -0.15) is 0 Å². The Kier molecular flexibility index (Phi) is 3.08. The van der Waals surface area contributed by atoms with Crippen molar-refractivity contribution in [2.24, 2.45) is 0 Å². The van der Waals surface area contributed by atoms with Gasteiger partial charge in [0.05, 0.1) is 5.69 Å². The summed E-state index contributed by atoms with van der Waals surface area (Å²) in [6.45, 7) is 3.93. The molecule has 0 unspecified atom stereocenters. The largest absolute Gasteiger partial charge is 0.335 e. The number of nitrogens with one attached hydrogen (secondary N) is 1. The van der Waals surface area contributed by atoms with Crippen LogP contribution in [0.2, 0.25) is 5.02 Å². The molecule has 0 bridgehead atoms. The number of hydrogen-bond acceptors (Lipinski definition) is 2. The van der Waals surface area contributed by atoms with E-state index in [0.29, 0.717) is 4.77 Å². The summed E-state index contributed by atoms with van der Waals surface area (Å²) in [5.41, 5.74) is 3.89. The van der Waals surface area contributed by atoms with E-state index in [9.17, 15) is 0 Å². The minimum absolute atomic E-state index is 0.492. The van der Waals surface area contributed by atoms with Gasteiger partial charge in [0.2, 0.25) is 0 Å². The Morgan fingerprint density at radius 2 is 2.00 bits per heavy atom. The van der Waals surface area contributed by atoms with Gasteiger partial charge in [-0.3, -0.25) is 0 Å². The normalized spacial score (nSPS) is 10.4. The average molecular weight is 251 g/mol. The Labute approximate surface area is 104 Å². The molecular formula is C12H11ClN2S. The van der Waals surface area contributed by atoms with Crippen LogP contribution in [0.4, 0.5) is 0 Å². The summed E-state index contributed by atoms with van der Waals surface area (Å²) >= 11 is 11.1. The van der Waals surface area contributed by atoms with E-state index in [1.54, 1.807) is 0 Å². The molecular weight excluding hydrogens is 240 g/mol. The van der Waals surface area contributed by atoms with Crippen LogP contribution in [0.3, 0.4) is 0 Å². The molecule has 0 aliphatic heterocycles. The van der Waals surface area contributed by atoms with Crippen molar-refractivity contribution < 1.29 is 0 Å². The highest BCUT2D eigenvalue weighted by Crippen LogP contribution is 2.23. The molecule has 1 aromatic carbocycles. The number of aromatic nitrogens is 2. The first-order chi connectivity index (χ1) is 7.56. The molecule has 2 nitrogen and oxygen atoms in total. The van der Waals surface area contributed by atoms with E-state index >= 15 is 0 Å². The summed E-state index contributed by atoms with van der Waals surface area (Å²) in [4.78, 5) is 7.25. The molecule has 0 aliphatic rings. The molecule has 0 saturated carbocycles. The van der Waals surface area contributed by atoms with Crippen molar-refractivity contribution in [3.8, 4) is 11.3 Å². The van der Waals surface area contributed by atoms with E-state index in [0.717, 1.165) is 27.5 Å². The fourth-order valence-electron chi connectivity index (χ4n) is 1.48. The van der Waals surface area contributed by atoms with Crippen molar-refractivity contribution in [2.75, 3.05) is 0 Å². The zero-order valence-corrected chi connectivity index (χ0v) is 10.6. The molecule has 0 spiro atoms. The van der Waals surface area contributed by atoms with E-state index in [1.807, 2.05) is 38.1 Å². The SMILES string of the molecule is Cc1cc(-c2ccc(C)c(Cl)c2)nc(=S)[nH]1. The van der Waals surface area contributed by atoms with Gasteiger partial charge >= 0.3 is 0 Å². The number of H-pyrrole nitrogens is 1. The molecule has 0 radical (unpaired) electrons. The average Bonchev–Trinajstić information content (AvgIpc) is 2.20. The molecule has 4 heteroatoms. The number of benzene rings is 1. The Balaban J connectivity index is 2.58. The highest BCUT2D eigenvalue weighted by atomic mass is 35.5. The highest BCUT2D eigenvalue weighted by Gasteiger charge is 2.03. The van der Waals surface area contributed by atoms with Crippen molar-refractivity contribution in [1.29, 1.82) is 0 Å². The van der Waals surface area contributed by atoms with Gasteiger partial charge in [0.1, 0.15) is 0 Å². The van der Waals surface area contributed by atoms with Crippen molar-refractivity contribution in [3.05, 3.63) is 45.3 Å². The first-order valence-corrected chi connectivity index (χ1v) is 5.69. The van der Waals surface area contributed by atoms with Gasteiger partial charge in [-0.1, -0.05) is 23.7 Å². The lowest BCUT2D eigenvalue weighted by molar-refractivity contribution is 1.08. The van der Waals surface area contributed by atoms with E-state index in [1.165, 1.54) is 0 Å². The molecule has 16 heavy (non-hydrogen) atoms. The molecule has 2 aromatic rings. The van der Waals surface area contributed by atoms with Crippen molar-refractivity contribution in [3.63, 3.8) is 0 Å². The third kappa shape index (κ3) is 2.31. The molecule has 82 valence electrons. The predicted octanol–water partition coefficient (Wildman–Crippen LogP) is 4.08. The lowest BCUT2D eigenvalue weighted by atomic mass is 10.1. The molecule has 0 aliphatic carbocycles. The second kappa shape index (κ2) is 4.36. The standard InChI is InChI=1S/C12H11ClN2S/c1-7-3-4-9(6-10(7)13)11-5-8(2)14-12(16)15-11/h3-6H,1-2H3,(H,14,15,16). The molecule has 0 atom stereocenters. The van der Waals surface area contributed by atoms with Crippen LogP contribution in [-0.2, 0) is 0 Å². The molecule has 1 aromatic heterocycles. The maximum Gasteiger partial charge on any atom is 0.197 e. The maximum atomic E-state index is 6.08. The van der Waals surface area contributed by atoms with Crippen LogP contribution in [0.15, 0.2) is 24.3 Å². The summed E-state index contributed by atoms with van der Waals surface area (Å²) in [6.07, 6.45) is 0. The van der Waals surface area contributed by atoms with Crippen LogP contribution >= 0.6 is 23.8 Å². The van der Waals surface area contributed by atoms with Crippen molar-refractivity contribution in [2.45, 2.75) is 13.8 Å². The molecule has 1 N–H and O–H groups in total. The van der Waals surface area contributed by atoms with Crippen LogP contribution in [0.5, 0.6) is 0 Å². The maximum absolute atomic E-state index is 6.08. The molecule has 0 fully saturated rings. The van der Waals surface area contributed by atoms with E-state index in [4.69, 9.17) is 23.8 Å². The van der Waals surface area contributed by atoms with Gasteiger partial charge < -0.3 is 4.98 Å². The van der Waals surface area contributed by atoms with Crippen molar-refractivity contribution >= 4 is 23.8 Å². The Bertz CT molecular complexity index is 590. The topological polar surface area (TPSA) is 28.7 Å². The van der Waals surface area contributed by atoms with Gasteiger partial charge in [-0.05, 0) is 43.8 Å². The first kappa shape index (κ1) is 11.3. The van der Waals surface area contributed by atoms with Crippen LogP contribution in [-0.4, -0.2) is 9.97 Å². The minimum Gasteiger partial charge on any atom is -0.335 e.